The van der Waals surface area contributed by atoms with E-state index in [1.807, 2.05) is 18.2 Å². The number of benzene rings is 1. The van der Waals surface area contributed by atoms with Gasteiger partial charge in [-0.25, -0.2) is 4.98 Å². The van der Waals surface area contributed by atoms with Crippen LogP contribution in [0.4, 0.5) is 0 Å². The smallest absolute Gasteiger partial charge is 0.192 e. The largest absolute Gasteiger partial charge is 0.441 e. The van der Waals surface area contributed by atoms with Crippen LogP contribution in [0.1, 0.15) is 11.5 Å². The summed E-state index contributed by atoms with van der Waals surface area (Å²) in [5.74, 6) is 0.806. The molecule has 5 nitrogen and oxygen atoms in total. The van der Waals surface area contributed by atoms with E-state index in [4.69, 9.17) is 15.4 Å². The Balaban J connectivity index is 2.38. The maximum atomic E-state index is 8.44. The molecule has 0 spiro atoms. The number of oxime groups is 1. The number of aryl methyl sites for hydroxylation is 1. The van der Waals surface area contributed by atoms with E-state index in [1.165, 1.54) is 0 Å². The van der Waals surface area contributed by atoms with Crippen LogP contribution in [0.3, 0.4) is 0 Å². The van der Waals surface area contributed by atoms with Crippen LogP contribution in [0, 0.1) is 6.92 Å². The Morgan fingerprint density at radius 3 is 3.13 bits per heavy atom. The third kappa shape index (κ3) is 1.90. The van der Waals surface area contributed by atoms with Gasteiger partial charge in [-0.2, -0.15) is 0 Å². The zero-order chi connectivity index (χ0) is 10.8. The summed E-state index contributed by atoms with van der Waals surface area (Å²) < 4.78 is 5.33. The van der Waals surface area contributed by atoms with Gasteiger partial charge in [0.05, 0.1) is 0 Å². The second-order valence-electron chi connectivity index (χ2n) is 3.30. The Morgan fingerprint density at radius 1 is 1.60 bits per heavy atom. The number of oxazole rings is 1. The lowest BCUT2D eigenvalue weighted by Gasteiger charge is -1.98. The highest BCUT2D eigenvalue weighted by atomic mass is 16.4. The van der Waals surface area contributed by atoms with Crippen LogP contribution in [-0.4, -0.2) is 16.0 Å². The molecule has 0 aliphatic rings. The number of rotatable bonds is 2. The van der Waals surface area contributed by atoms with Gasteiger partial charge in [0.25, 0.3) is 0 Å². The summed E-state index contributed by atoms with van der Waals surface area (Å²) in [6.07, 6.45) is 0.401. The number of amidine groups is 1. The maximum absolute atomic E-state index is 8.44. The Bertz CT molecular complexity index is 516. The van der Waals surface area contributed by atoms with Crippen LogP contribution in [0.25, 0.3) is 11.1 Å². The fourth-order valence-corrected chi connectivity index (χ4v) is 1.44. The van der Waals surface area contributed by atoms with Crippen molar-refractivity contribution in [3.8, 4) is 0 Å². The van der Waals surface area contributed by atoms with Gasteiger partial charge in [-0.3, -0.25) is 0 Å². The van der Waals surface area contributed by atoms with Gasteiger partial charge in [-0.1, -0.05) is 11.2 Å². The van der Waals surface area contributed by atoms with Crippen LogP contribution in [0.2, 0.25) is 0 Å². The van der Waals surface area contributed by atoms with E-state index in [0.717, 1.165) is 16.7 Å². The Labute approximate surface area is 86.2 Å². The highest BCUT2D eigenvalue weighted by Gasteiger charge is 2.04. The van der Waals surface area contributed by atoms with Crippen molar-refractivity contribution in [3.05, 3.63) is 29.7 Å². The minimum Gasteiger partial charge on any atom is -0.441 e. The molecule has 0 unspecified atom stereocenters. The molecule has 0 bridgehead atoms. The zero-order valence-corrected chi connectivity index (χ0v) is 8.27. The van der Waals surface area contributed by atoms with Gasteiger partial charge in [0, 0.05) is 13.3 Å². The molecule has 2 aromatic rings. The average Bonchev–Trinajstić information content (AvgIpc) is 2.57. The second kappa shape index (κ2) is 3.61. The SMILES string of the molecule is Cc1nc2cc(C/C(N)=N/O)ccc2o1. The van der Waals surface area contributed by atoms with Gasteiger partial charge in [-0.15, -0.1) is 0 Å². The molecule has 0 amide bonds. The predicted octanol–water partition coefficient (Wildman–Crippen LogP) is 1.43. The van der Waals surface area contributed by atoms with Crippen molar-refractivity contribution in [2.45, 2.75) is 13.3 Å². The molecule has 1 aromatic heterocycles. The molecule has 3 N–H and O–H groups in total. The van der Waals surface area contributed by atoms with Crippen molar-refractivity contribution in [2.75, 3.05) is 0 Å². The van der Waals surface area contributed by atoms with Crippen LogP contribution in [0.5, 0.6) is 0 Å². The van der Waals surface area contributed by atoms with Crippen molar-refractivity contribution in [2.24, 2.45) is 10.9 Å². The molecular formula is C10H11N3O2. The fraction of sp³-hybridized carbons (Fsp3) is 0.200. The van der Waals surface area contributed by atoms with E-state index in [2.05, 4.69) is 10.1 Å². The Kier molecular flexibility index (Phi) is 2.29. The molecule has 0 radical (unpaired) electrons. The van der Waals surface area contributed by atoms with E-state index >= 15 is 0 Å². The van der Waals surface area contributed by atoms with E-state index < -0.39 is 0 Å². The molecular weight excluding hydrogens is 194 g/mol. The van der Waals surface area contributed by atoms with Crippen LogP contribution in [0.15, 0.2) is 27.8 Å². The first kappa shape index (κ1) is 9.51. The monoisotopic (exact) mass is 205 g/mol. The molecule has 1 heterocycles. The minimum absolute atomic E-state index is 0.176. The van der Waals surface area contributed by atoms with Gasteiger partial charge in [-0.05, 0) is 17.7 Å². The van der Waals surface area contributed by atoms with Crippen molar-refractivity contribution in [1.82, 2.24) is 4.98 Å². The molecule has 0 aliphatic carbocycles. The topological polar surface area (TPSA) is 84.6 Å². The lowest BCUT2D eigenvalue weighted by atomic mass is 10.1. The highest BCUT2D eigenvalue weighted by molar-refractivity contribution is 5.83. The number of aromatic nitrogens is 1. The number of hydrogen-bond acceptors (Lipinski definition) is 4. The summed E-state index contributed by atoms with van der Waals surface area (Å²) in [5.41, 5.74) is 7.88. The normalized spacial score (nSPS) is 12.2. The van der Waals surface area contributed by atoms with Crippen LogP contribution >= 0.6 is 0 Å². The molecule has 78 valence electrons. The quantitative estimate of drug-likeness (QED) is 0.336. The van der Waals surface area contributed by atoms with Crippen molar-refractivity contribution in [3.63, 3.8) is 0 Å². The maximum Gasteiger partial charge on any atom is 0.192 e. The fourth-order valence-electron chi connectivity index (χ4n) is 1.44. The van der Waals surface area contributed by atoms with E-state index in [9.17, 15) is 0 Å². The number of fused-ring (bicyclic) bond motifs is 1. The zero-order valence-electron chi connectivity index (χ0n) is 8.27. The standard InChI is InChI=1S/C10H11N3O2/c1-6-12-8-4-7(5-10(11)13-14)2-3-9(8)15-6/h2-4,14H,5H2,1H3,(H2,11,13). The lowest BCUT2D eigenvalue weighted by molar-refractivity contribution is 0.317. The predicted molar refractivity (Wildman–Crippen MR) is 55.9 cm³/mol. The van der Waals surface area contributed by atoms with Gasteiger partial charge in [0.15, 0.2) is 11.5 Å². The second-order valence-corrected chi connectivity index (χ2v) is 3.30. The molecule has 0 saturated heterocycles. The molecule has 0 aliphatic heterocycles. The third-order valence-corrected chi connectivity index (χ3v) is 2.07. The summed E-state index contributed by atoms with van der Waals surface area (Å²) in [6.45, 7) is 1.79. The van der Waals surface area contributed by atoms with E-state index in [1.54, 1.807) is 6.92 Å². The van der Waals surface area contributed by atoms with Crippen LogP contribution < -0.4 is 5.73 Å². The van der Waals surface area contributed by atoms with Gasteiger partial charge < -0.3 is 15.4 Å². The molecule has 1 aromatic carbocycles. The first-order valence-corrected chi connectivity index (χ1v) is 4.51. The molecule has 5 heteroatoms. The first-order valence-electron chi connectivity index (χ1n) is 4.51. The Morgan fingerprint density at radius 2 is 2.40 bits per heavy atom. The summed E-state index contributed by atoms with van der Waals surface area (Å²) in [5, 5.41) is 11.4. The summed E-state index contributed by atoms with van der Waals surface area (Å²) in [7, 11) is 0. The van der Waals surface area contributed by atoms with Gasteiger partial charge in [0.1, 0.15) is 11.4 Å². The molecule has 0 fully saturated rings. The molecule has 0 saturated carbocycles. The van der Waals surface area contributed by atoms with Gasteiger partial charge >= 0.3 is 0 Å². The first-order chi connectivity index (χ1) is 7.19. The number of nitrogens with zero attached hydrogens (tertiary/aromatic N) is 2. The lowest BCUT2D eigenvalue weighted by Crippen LogP contribution is -2.14. The highest BCUT2D eigenvalue weighted by Crippen LogP contribution is 2.16. The summed E-state index contributed by atoms with van der Waals surface area (Å²) in [4.78, 5) is 4.20. The summed E-state index contributed by atoms with van der Waals surface area (Å²) >= 11 is 0. The summed E-state index contributed by atoms with van der Waals surface area (Å²) in [6, 6.07) is 5.56. The molecule has 2 rings (SSSR count). The van der Waals surface area contributed by atoms with E-state index in [0.29, 0.717) is 12.3 Å². The molecule has 0 atom stereocenters. The van der Waals surface area contributed by atoms with Crippen LogP contribution in [-0.2, 0) is 6.42 Å². The van der Waals surface area contributed by atoms with Crippen molar-refractivity contribution in [1.29, 1.82) is 0 Å². The Hall–Kier alpha value is -2.04. The van der Waals surface area contributed by atoms with Gasteiger partial charge in [0.2, 0.25) is 0 Å². The van der Waals surface area contributed by atoms with E-state index in [-0.39, 0.29) is 5.84 Å². The number of hydrogen-bond donors (Lipinski definition) is 2. The number of nitrogens with two attached hydrogens (primary N) is 1. The minimum atomic E-state index is 0.176. The average molecular weight is 205 g/mol. The third-order valence-electron chi connectivity index (χ3n) is 2.07. The molecule has 15 heavy (non-hydrogen) atoms. The van der Waals surface area contributed by atoms with Crippen molar-refractivity contribution >= 4 is 16.9 Å². The van der Waals surface area contributed by atoms with Crippen molar-refractivity contribution < 1.29 is 9.62 Å².